The molecule has 0 fully saturated rings. The summed E-state index contributed by atoms with van der Waals surface area (Å²) in [4.78, 5) is 50.4. The molecule has 34 heavy (non-hydrogen) atoms. The number of benzene rings is 3. The zero-order valence-corrected chi connectivity index (χ0v) is 18.6. The van der Waals surface area contributed by atoms with Gasteiger partial charge >= 0.3 is 17.9 Å². The molecule has 0 spiro atoms. The Morgan fingerprint density at radius 1 is 0.735 bits per heavy atom. The summed E-state index contributed by atoms with van der Waals surface area (Å²) in [6.07, 6.45) is -4.05. The monoisotopic (exact) mass is 461 g/mol. The minimum absolute atomic E-state index is 0.0803. The minimum Gasteiger partial charge on any atom is -0.478 e. The molecule has 0 radical (unpaired) electrons. The van der Waals surface area contributed by atoms with E-state index in [9.17, 15) is 24.3 Å². The van der Waals surface area contributed by atoms with Gasteiger partial charge in [0.1, 0.15) is 0 Å². The lowest BCUT2D eigenvalue weighted by molar-refractivity contribution is -0.157. The van der Waals surface area contributed by atoms with Gasteiger partial charge in [0.25, 0.3) is 5.91 Å². The average molecular weight is 461 g/mol. The third-order valence-corrected chi connectivity index (χ3v) is 4.90. The molecule has 0 bridgehead atoms. The molecule has 8 nitrogen and oxygen atoms in total. The van der Waals surface area contributed by atoms with Gasteiger partial charge in [0, 0.05) is 5.69 Å². The highest BCUT2D eigenvalue weighted by molar-refractivity contribution is 6.01. The van der Waals surface area contributed by atoms with E-state index in [0.717, 1.165) is 11.1 Å². The average Bonchev–Trinajstić information content (AvgIpc) is 2.83. The Balaban J connectivity index is 1.92. The van der Waals surface area contributed by atoms with E-state index >= 15 is 0 Å². The zero-order valence-electron chi connectivity index (χ0n) is 18.6. The Morgan fingerprint density at radius 3 is 1.71 bits per heavy atom. The number of esters is 2. The molecule has 2 N–H and O–H groups in total. The quantitative estimate of drug-likeness (QED) is 0.490. The molecule has 174 valence electrons. The van der Waals surface area contributed by atoms with Gasteiger partial charge in [0.05, 0.1) is 11.1 Å². The number of hydrogen-bond acceptors (Lipinski definition) is 6. The molecule has 8 heteroatoms. The van der Waals surface area contributed by atoms with E-state index in [0.29, 0.717) is 5.69 Å². The molecule has 2 unspecified atom stereocenters. The van der Waals surface area contributed by atoms with Crippen LogP contribution in [0.5, 0.6) is 0 Å². The predicted molar refractivity (Wildman–Crippen MR) is 123 cm³/mol. The SMILES string of the molecule is Cc1ccc(NC(=O)C(OC(=O)c2ccccc2)C(OC(=O)c2ccccc2)C(=O)O)c(C)c1. The van der Waals surface area contributed by atoms with Crippen LogP contribution in [0, 0.1) is 13.8 Å². The van der Waals surface area contributed by atoms with Gasteiger partial charge in [0.2, 0.25) is 12.2 Å². The van der Waals surface area contributed by atoms with Crippen molar-refractivity contribution >= 4 is 29.5 Å². The number of carbonyl (C=O) groups is 4. The number of hydrogen-bond donors (Lipinski definition) is 2. The maximum atomic E-state index is 13.1. The normalized spacial score (nSPS) is 12.2. The molecular formula is C26H23NO7. The Morgan fingerprint density at radius 2 is 1.24 bits per heavy atom. The zero-order chi connectivity index (χ0) is 24.7. The molecule has 1 amide bonds. The van der Waals surface area contributed by atoms with E-state index < -0.39 is 36.0 Å². The fourth-order valence-electron chi connectivity index (χ4n) is 3.17. The summed E-state index contributed by atoms with van der Waals surface area (Å²) in [6, 6.07) is 20.7. The fraction of sp³-hybridized carbons (Fsp3) is 0.154. The number of carboxylic acid groups (broad SMARTS) is 1. The van der Waals surface area contributed by atoms with Crippen molar-refractivity contribution in [2.75, 3.05) is 5.32 Å². The number of carboxylic acids is 1. The van der Waals surface area contributed by atoms with Crippen molar-refractivity contribution in [3.63, 3.8) is 0 Å². The summed E-state index contributed by atoms with van der Waals surface area (Å²) in [5.74, 6) is -4.52. The highest BCUT2D eigenvalue weighted by atomic mass is 16.6. The third kappa shape index (κ3) is 6.07. The Kier molecular flexibility index (Phi) is 7.76. The summed E-state index contributed by atoms with van der Waals surface area (Å²) in [7, 11) is 0. The largest absolute Gasteiger partial charge is 0.478 e. The van der Waals surface area contributed by atoms with Crippen LogP contribution >= 0.6 is 0 Å². The smallest absolute Gasteiger partial charge is 0.349 e. The van der Waals surface area contributed by atoms with E-state index in [-0.39, 0.29) is 11.1 Å². The molecule has 3 aromatic rings. The van der Waals surface area contributed by atoms with Crippen LogP contribution in [-0.2, 0) is 19.1 Å². The lowest BCUT2D eigenvalue weighted by Gasteiger charge is -2.24. The molecule has 0 saturated carbocycles. The Labute approximate surface area is 196 Å². The molecule has 3 rings (SSSR count). The van der Waals surface area contributed by atoms with Gasteiger partial charge in [-0.2, -0.15) is 0 Å². The lowest BCUT2D eigenvalue weighted by Crippen LogP contribution is -2.48. The van der Waals surface area contributed by atoms with Crippen molar-refractivity contribution in [2.24, 2.45) is 0 Å². The second-order valence-corrected chi connectivity index (χ2v) is 7.53. The first kappa shape index (κ1) is 24.2. The topological polar surface area (TPSA) is 119 Å². The standard InChI is InChI=1S/C26H23NO7/c1-16-13-14-20(17(2)15-16)27-23(28)21(33-25(31)18-9-5-3-6-10-18)22(24(29)30)34-26(32)19-11-7-4-8-12-19/h3-15,21-22H,1-2H3,(H,27,28)(H,29,30). The summed E-state index contributed by atoms with van der Waals surface area (Å²) < 4.78 is 10.4. The summed E-state index contributed by atoms with van der Waals surface area (Å²) in [5, 5.41) is 12.4. The van der Waals surface area contributed by atoms with Crippen LogP contribution in [0.3, 0.4) is 0 Å². The number of anilines is 1. The molecule has 0 saturated heterocycles. The summed E-state index contributed by atoms with van der Waals surface area (Å²) in [5.41, 5.74) is 2.26. The second-order valence-electron chi connectivity index (χ2n) is 7.53. The number of ether oxygens (including phenoxy) is 2. The first-order chi connectivity index (χ1) is 16.3. The number of nitrogens with one attached hydrogen (secondary N) is 1. The van der Waals surface area contributed by atoms with Gasteiger partial charge in [-0.05, 0) is 49.7 Å². The van der Waals surface area contributed by atoms with Crippen molar-refractivity contribution in [1.29, 1.82) is 0 Å². The molecule has 0 aliphatic rings. The van der Waals surface area contributed by atoms with E-state index in [4.69, 9.17) is 9.47 Å². The van der Waals surface area contributed by atoms with Gasteiger partial charge in [-0.1, -0.05) is 54.1 Å². The predicted octanol–water partition coefficient (Wildman–Crippen LogP) is 3.78. The highest BCUT2D eigenvalue weighted by Crippen LogP contribution is 2.19. The molecule has 0 aromatic heterocycles. The Hall–Kier alpha value is -4.46. The van der Waals surface area contributed by atoms with Crippen LogP contribution in [0.15, 0.2) is 78.9 Å². The number of aryl methyl sites for hydroxylation is 2. The summed E-state index contributed by atoms with van der Waals surface area (Å²) >= 11 is 0. The van der Waals surface area contributed by atoms with E-state index in [1.807, 2.05) is 13.0 Å². The van der Waals surface area contributed by atoms with E-state index in [1.165, 1.54) is 24.3 Å². The van der Waals surface area contributed by atoms with Gasteiger partial charge in [-0.15, -0.1) is 0 Å². The van der Waals surface area contributed by atoms with Crippen molar-refractivity contribution in [3.05, 3.63) is 101 Å². The van der Waals surface area contributed by atoms with Crippen LogP contribution in [0.1, 0.15) is 31.8 Å². The minimum atomic E-state index is -2.09. The summed E-state index contributed by atoms with van der Waals surface area (Å²) in [6.45, 7) is 3.64. The highest BCUT2D eigenvalue weighted by Gasteiger charge is 2.41. The van der Waals surface area contributed by atoms with Crippen LogP contribution in [0.2, 0.25) is 0 Å². The third-order valence-electron chi connectivity index (χ3n) is 4.90. The fourth-order valence-corrected chi connectivity index (χ4v) is 3.17. The number of rotatable bonds is 8. The van der Waals surface area contributed by atoms with Gasteiger partial charge < -0.3 is 19.9 Å². The second kappa shape index (κ2) is 10.9. The maximum absolute atomic E-state index is 13.1. The molecule has 0 heterocycles. The van der Waals surface area contributed by atoms with Gasteiger partial charge in [0.15, 0.2) is 0 Å². The Bertz CT molecular complexity index is 1190. The van der Waals surface area contributed by atoms with E-state index in [1.54, 1.807) is 55.5 Å². The lowest BCUT2D eigenvalue weighted by atomic mass is 10.1. The molecular weight excluding hydrogens is 438 g/mol. The van der Waals surface area contributed by atoms with Crippen LogP contribution in [-0.4, -0.2) is 41.1 Å². The van der Waals surface area contributed by atoms with Gasteiger partial charge in [-0.3, -0.25) is 4.79 Å². The molecule has 2 atom stereocenters. The number of amides is 1. The molecule has 3 aromatic carbocycles. The van der Waals surface area contributed by atoms with Crippen LogP contribution < -0.4 is 5.32 Å². The van der Waals surface area contributed by atoms with Crippen LogP contribution in [0.4, 0.5) is 5.69 Å². The van der Waals surface area contributed by atoms with Crippen molar-refractivity contribution in [2.45, 2.75) is 26.1 Å². The van der Waals surface area contributed by atoms with Crippen molar-refractivity contribution in [3.8, 4) is 0 Å². The van der Waals surface area contributed by atoms with Crippen molar-refractivity contribution < 1.29 is 33.8 Å². The molecule has 0 aliphatic heterocycles. The number of aliphatic carboxylic acids is 1. The van der Waals surface area contributed by atoms with E-state index in [2.05, 4.69) is 5.32 Å². The van der Waals surface area contributed by atoms with Gasteiger partial charge in [-0.25, -0.2) is 14.4 Å². The van der Waals surface area contributed by atoms with Crippen LogP contribution in [0.25, 0.3) is 0 Å². The first-order valence-corrected chi connectivity index (χ1v) is 10.4. The first-order valence-electron chi connectivity index (χ1n) is 10.4. The molecule has 0 aliphatic carbocycles. The van der Waals surface area contributed by atoms with Crippen molar-refractivity contribution in [1.82, 2.24) is 0 Å². The number of carbonyl (C=O) groups excluding carboxylic acids is 3. The maximum Gasteiger partial charge on any atom is 0.349 e.